The lowest BCUT2D eigenvalue weighted by Gasteiger charge is -2.24. The summed E-state index contributed by atoms with van der Waals surface area (Å²) in [5, 5.41) is 0. The Kier molecular flexibility index (Phi) is 6.91. The van der Waals surface area contributed by atoms with Gasteiger partial charge in [0.1, 0.15) is 5.60 Å². The van der Waals surface area contributed by atoms with Crippen LogP contribution in [0.15, 0.2) is 17.0 Å². The van der Waals surface area contributed by atoms with Gasteiger partial charge in [-0.15, -0.1) is 0 Å². The van der Waals surface area contributed by atoms with Crippen molar-refractivity contribution in [3.8, 4) is 0 Å². The standard InChI is InChI=1S/C20H33NO4S/c1-12(2)15-10-16(13(3)4)18(17(11-15)14(5)6)26(23,24)21-19(22)25-20(7,8)9/h10-14H,1-9H3,(H,21,22). The first kappa shape index (κ1) is 22.5. The number of amides is 1. The molecule has 0 fully saturated rings. The molecule has 0 saturated carbocycles. The summed E-state index contributed by atoms with van der Waals surface area (Å²) in [4.78, 5) is 12.3. The molecule has 26 heavy (non-hydrogen) atoms. The lowest BCUT2D eigenvalue weighted by atomic mass is 9.89. The predicted molar refractivity (Wildman–Crippen MR) is 105 cm³/mol. The molecule has 0 aliphatic carbocycles. The number of ether oxygens (including phenoxy) is 1. The Hall–Kier alpha value is -1.56. The number of nitrogens with one attached hydrogen (secondary N) is 1. The third-order valence-electron chi connectivity index (χ3n) is 3.96. The van der Waals surface area contributed by atoms with E-state index in [0.29, 0.717) is 0 Å². The number of hydrogen-bond donors (Lipinski definition) is 1. The van der Waals surface area contributed by atoms with Crippen LogP contribution in [0.1, 0.15) is 96.8 Å². The molecule has 0 radical (unpaired) electrons. The average Bonchev–Trinajstić information content (AvgIpc) is 2.42. The molecular weight excluding hydrogens is 350 g/mol. The van der Waals surface area contributed by atoms with Gasteiger partial charge in [0.2, 0.25) is 0 Å². The van der Waals surface area contributed by atoms with E-state index in [1.807, 2.05) is 39.8 Å². The summed E-state index contributed by atoms with van der Waals surface area (Å²) in [7, 11) is -4.05. The van der Waals surface area contributed by atoms with E-state index in [0.717, 1.165) is 16.7 Å². The highest BCUT2D eigenvalue weighted by Gasteiger charge is 2.30. The van der Waals surface area contributed by atoms with E-state index >= 15 is 0 Å². The maximum atomic E-state index is 13.0. The highest BCUT2D eigenvalue weighted by molar-refractivity contribution is 7.90. The van der Waals surface area contributed by atoms with Crippen LogP contribution in [0.2, 0.25) is 0 Å². The molecule has 148 valence electrons. The number of carbonyl (C=O) groups excluding carboxylic acids is 1. The van der Waals surface area contributed by atoms with Crippen molar-refractivity contribution in [2.24, 2.45) is 0 Å². The molecule has 6 heteroatoms. The second-order valence-corrected chi connectivity index (χ2v) is 10.2. The van der Waals surface area contributed by atoms with E-state index in [1.54, 1.807) is 20.8 Å². The van der Waals surface area contributed by atoms with Crippen LogP contribution in [0.25, 0.3) is 0 Å². The summed E-state index contributed by atoms with van der Waals surface area (Å²) in [5.74, 6) is 0.272. The third kappa shape index (κ3) is 5.73. The summed E-state index contributed by atoms with van der Waals surface area (Å²) >= 11 is 0. The second-order valence-electron chi connectivity index (χ2n) is 8.60. The largest absolute Gasteiger partial charge is 0.443 e. The Balaban J connectivity index is 3.55. The average molecular weight is 384 g/mol. The van der Waals surface area contributed by atoms with Gasteiger partial charge in [-0.05, 0) is 55.2 Å². The Morgan fingerprint density at radius 2 is 1.35 bits per heavy atom. The van der Waals surface area contributed by atoms with Crippen LogP contribution in [0.3, 0.4) is 0 Å². The molecule has 1 aromatic rings. The minimum Gasteiger partial charge on any atom is -0.443 e. The van der Waals surface area contributed by atoms with Gasteiger partial charge in [-0.2, -0.15) is 0 Å². The zero-order valence-corrected chi connectivity index (χ0v) is 18.2. The molecule has 0 unspecified atom stereocenters. The van der Waals surface area contributed by atoms with Crippen molar-refractivity contribution in [1.29, 1.82) is 0 Å². The van der Waals surface area contributed by atoms with Crippen molar-refractivity contribution in [1.82, 2.24) is 4.72 Å². The topological polar surface area (TPSA) is 72.5 Å². The molecule has 0 saturated heterocycles. The van der Waals surface area contributed by atoms with E-state index in [2.05, 4.69) is 18.6 Å². The number of carbonyl (C=O) groups is 1. The molecule has 1 rings (SSSR count). The zero-order chi connectivity index (χ0) is 20.4. The quantitative estimate of drug-likeness (QED) is 0.752. The fourth-order valence-corrected chi connectivity index (χ4v) is 4.23. The Labute approximate surface area is 158 Å². The predicted octanol–water partition coefficient (Wildman–Crippen LogP) is 5.27. The zero-order valence-electron chi connectivity index (χ0n) is 17.4. The normalized spacial score (nSPS) is 12.8. The first-order valence-electron chi connectivity index (χ1n) is 9.09. The number of hydrogen-bond acceptors (Lipinski definition) is 4. The van der Waals surface area contributed by atoms with Crippen molar-refractivity contribution in [2.45, 2.75) is 90.6 Å². The summed E-state index contributed by atoms with van der Waals surface area (Å²) in [5.41, 5.74) is 1.75. The van der Waals surface area contributed by atoms with E-state index in [9.17, 15) is 13.2 Å². The monoisotopic (exact) mass is 383 g/mol. The van der Waals surface area contributed by atoms with Crippen molar-refractivity contribution in [3.05, 3.63) is 28.8 Å². The van der Waals surface area contributed by atoms with Crippen LogP contribution >= 0.6 is 0 Å². The van der Waals surface area contributed by atoms with Gasteiger partial charge in [-0.1, -0.05) is 53.7 Å². The lowest BCUT2D eigenvalue weighted by molar-refractivity contribution is 0.0570. The molecule has 5 nitrogen and oxygen atoms in total. The second kappa shape index (κ2) is 7.99. The van der Waals surface area contributed by atoms with Crippen molar-refractivity contribution in [3.63, 3.8) is 0 Å². The molecule has 0 atom stereocenters. The van der Waals surface area contributed by atoms with Crippen LogP contribution < -0.4 is 4.72 Å². The molecular formula is C20H33NO4S. The van der Waals surface area contributed by atoms with Crippen LogP contribution in [0, 0.1) is 0 Å². The summed E-state index contributed by atoms with van der Waals surface area (Å²) in [6, 6.07) is 3.87. The molecule has 0 bridgehead atoms. The fraction of sp³-hybridized carbons (Fsp3) is 0.650. The molecule has 0 aliphatic heterocycles. The van der Waals surface area contributed by atoms with Crippen LogP contribution in [-0.2, 0) is 14.8 Å². The highest BCUT2D eigenvalue weighted by Crippen LogP contribution is 2.35. The lowest BCUT2D eigenvalue weighted by Crippen LogP contribution is -2.37. The molecule has 0 aliphatic rings. The molecule has 1 aromatic carbocycles. The van der Waals surface area contributed by atoms with Crippen LogP contribution in [0.4, 0.5) is 4.79 Å². The van der Waals surface area contributed by atoms with Gasteiger partial charge in [-0.3, -0.25) is 0 Å². The molecule has 1 N–H and O–H groups in total. The van der Waals surface area contributed by atoms with Crippen molar-refractivity contribution < 1.29 is 17.9 Å². The molecule has 0 spiro atoms. The highest BCUT2D eigenvalue weighted by atomic mass is 32.2. The van der Waals surface area contributed by atoms with Gasteiger partial charge in [0.05, 0.1) is 4.90 Å². The molecule has 1 amide bonds. The minimum atomic E-state index is -4.05. The Morgan fingerprint density at radius 1 is 0.923 bits per heavy atom. The van der Waals surface area contributed by atoms with E-state index < -0.39 is 21.7 Å². The van der Waals surface area contributed by atoms with Crippen molar-refractivity contribution >= 4 is 16.1 Å². The first-order chi connectivity index (χ1) is 11.7. The minimum absolute atomic E-state index is 0.00332. The summed E-state index contributed by atoms with van der Waals surface area (Å²) < 4.78 is 33.3. The molecule has 0 heterocycles. The molecule has 0 aromatic heterocycles. The number of sulfonamides is 1. The van der Waals surface area contributed by atoms with E-state index in [-0.39, 0.29) is 22.6 Å². The number of benzene rings is 1. The maximum absolute atomic E-state index is 13.0. The van der Waals surface area contributed by atoms with Gasteiger partial charge in [-0.25, -0.2) is 17.9 Å². The first-order valence-corrected chi connectivity index (χ1v) is 10.6. The van der Waals surface area contributed by atoms with Gasteiger partial charge >= 0.3 is 6.09 Å². The smallest absolute Gasteiger partial charge is 0.421 e. The summed E-state index contributed by atoms with van der Waals surface area (Å²) in [6.07, 6.45) is -0.963. The Morgan fingerprint density at radius 3 is 1.65 bits per heavy atom. The number of rotatable bonds is 5. The van der Waals surface area contributed by atoms with Gasteiger partial charge < -0.3 is 4.74 Å². The van der Waals surface area contributed by atoms with Gasteiger partial charge in [0, 0.05) is 0 Å². The fourth-order valence-electron chi connectivity index (χ4n) is 2.66. The van der Waals surface area contributed by atoms with Crippen LogP contribution in [-0.4, -0.2) is 20.1 Å². The summed E-state index contributed by atoms with van der Waals surface area (Å²) in [6.45, 7) is 17.0. The SMILES string of the molecule is CC(C)c1cc(C(C)C)c(S(=O)(=O)NC(=O)OC(C)(C)C)c(C(C)C)c1. The van der Waals surface area contributed by atoms with Crippen molar-refractivity contribution in [2.75, 3.05) is 0 Å². The maximum Gasteiger partial charge on any atom is 0.421 e. The van der Waals surface area contributed by atoms with E-state index in [4.69, 9.17) is 4.74 Å². The van der Waals surface area contributed by atoms with Gasteiger partial charge in [0.25, 0.3) is 10.0 Å². The Bertz CT molecular complexity index is 728. The third-order valence-corrected chi connectivity index (χ3v) is 5.41. The van der Waals surface area contributed by atoms with Crippen LogP contribution in [0.5, 0.6) is 0 Å². The van der Waals surface area contributed by atoms with E-state index in [1.165, 1.54) is 0 Å². The van der Waals surface area contributed by atoms with Gasteiger partial charge in [0.15, 0.2) is 0 Å².